The maximum atomic E-state index is 10.5. The standard InChI is InChI=1S/C6H8N2O.C4H5N3O/c7-6(9)5-2-1-3-8-4-5;5-3-1-2-6-4(8)7-3/h1-3,5H,4H2,(H2,7,9);1-2H,(H3,5,6,7,8). The number of nitrogen functional groups attached to an aromatic ring is 1. The van der Waals surface area contributed by atoms with Crippen molar-refractivity contribution in [1.29, 1.82) is 0 Å². The van der Waals surface area contributed by atoms with E-state index in [-0.39, 0.29) is 11.8 Å². The Morgan fingerprint density at radius 3 is 2.65 bits per heavy atom. The second-order valence-corrected chi connectivity index (χ2v) is 3.24. The Hall–Kier alpha value is -2.44. The third-order valence-electron chi connectivity index (χ3n) is 1.90. The van der Waals surface area contributed by atoms with Gasteiger partial charge in [-0.3, -0.25) is 14.8 Å². The predicted molar refractivity (Wildman–Crippen MR) is 64.5 cm³/mol. The van der Waals surface area contributed by atoms with Gasteiger partial charge in [-0.25, -0.2) is 9.78 Å². The van der Waals surface area contributed by atoms with E-state index >= 15 is 0 Å². The van der Waals surface area contributed by atoms with E-state index in [1.165, 1.54) is 12.3 Å². The van der Waals surface area contributed by atoms with Crippen molar-refractivity contribution >= 4 is 17.9 Å². The van der Waals surface area contributed by atoms with Crippen LogP contribution in [0.2, 0.25) is 0 Å². The summed E-state index contributed by atoms with van der Waals surface area (Å²) in [7, 11) is 0. The summed E-state index contributed by atoms with van der Waals surface area (Å²) in [5.74, 6) is -0.150. The molecule has 1 amide bonds. The quantitative estimate of drug-likeness (QED) is 0.581. The van der Waals surface area contributed by atoms with Crippen molar-refractivity contribution in [1.82, 2.24) is 9.97 Å². The van der Waals surface area contributed by atoms with Gasteiger partial charge in [0.15, 0.2) is 0 Å². The molecule has 17 heavy (non-hydrogen) atoms. The number of nitrogens with two attached hydrogens (primary N) is 2. The van der Waals surface area contributed by atoms with Gasteiger partial charge in [-0.2, -0.15) is 0 Å². The number of aliphatic imine (C=N–C) groups is 1. The molecule has 1 aromatic rings. The second-order valence-electron chi connectivity index (χ2n) is 3.24. The lowest BCUT2D eigenvalue weighted by Crippen LogP contribution is -2.24. The highest BCUT2D eigenvalue weighted by Crippen LogP contribution is 2.01. The molecule has 1 atom stereocenters. The predicted octanol–water partition coefficient (Wildman–Crippen LogP) is -0.919. The van der Waals surface area contributed by atoms with Crippen molar-refractivity contribution in [3.05, 3.63) is 34.9 Å². The van der Waals surface area contributed by atoms with Crippen LogP contribution in [-0.4, -0.2) is 28.6 Å². The van der Waals surface area contributed by atoms with Crippen LogP contribution in [-0.2, 0) is 4.79 Å². The van der Waals surface area contributed by atoms with E-state index in [4.69, 9.17) is 11.5 Å². The molecule has 5 N–H and O–H groups in total. The van der Waals surface area contributed by atoms with Crippen LogP contribution in [0.15, 0.2) is 34.2 Å². The summed E-state index contributed by atoms with van der Waals surface area (Å²) in [6.45, 7) is 0.506. The fraction of sp³-hybridized carbons (Fsp3) is 0.200. The third-order valence-corrected chi connectivity index (χ3v) is 1.90. The molecule has 1 unspecified atom stereocenters. The molecule has 0 saturated carbocycles. The van der Waals surface area contributed by atoms with E-state index in [0.717, 1.165) is 0 Å². The fourth-order valence-electron chi connectivity index (χ4n) is 1.05. The van der Waals surface area contributed by atoms with Gasteiger partial charge in [-0.15, -0.1) is 0 Å². The van der Waals surface area contributed by atoms with Crippen molar-refractivity contribution in [2.24, 2.45) is 16.6 Å². The lowest BCUT2D eigenvalue weighted by molar-refractivity contribution is -0.120. The van der Waals surface area contributed by atoms with Crippen LogP contribution in [0.1, 0.15) is 0 Å². The van der Waals surface area contributed by atoms with Gasteiger partial charge in [0.2, 0.25) is 5.91 Å². The highest BCUT2D eigenvalue weighted by atomic mass is 16.1. The number of allylic oxidation sites excluding steroid dienone is 1. The van der Waals surface area contributed by atoms with Crippen LogP contribution in [0.5, 0.6) is 0 Å². The van der Waals surface area contributed by atoms with Crippen LogP contribution in [0.25, 0.3) is 0 Å². The number of aromatic nitrogens is 2. The maximum absolute atomic E-state index is 10.5. The molecule has 0 radical (unpaired) electrons. The minimum atomic E-state index is -0.412. The number of hydrogen-bond acceptors (Lipinski definition) is 5. The van der Waals surface area contributed by atoms with Crippen LogP contribution in [0, 0.1) is 5.92 Å². The highest BCUT2D eigenvalue weighted by molar-refractivity contribution is 5.82. The molecule has 7 nitrogen and oxygen atoms in total. The molecule has 0 spiro atoms. The Bertz CT molecular complexity index is 491. The molecular weight excluding hydrogens is 222 g/mol. The van der Waals surface area contributed by atoms with E-state index in [2.05, 4.69) is 15.0 Å². The lowest BCUT2D eigenvalue weighted by atomic mass is 10.1. The van der Waals surface area contributed by atoms with Gasteiger partial charge < -0.3 is 11.5 Å². The average molecular weight is 235 g/mol. The smallest absolute Gasteiger partial charge is 0.346 e. The number of hydrogen-bond donors (Lipinski definition) is 3. The van der Waals surface area contributed by atoms with Gasteiger partial charge >= 0.3 is 5.69 Å². The van der Waals surface area contributed by atoms with Gasteiger partial charge in [0, 0.05) is 12.4 Å². The van der Waals surface area contributed by atoms with Crippen molar-refractivity contribution in [2.45, 2.75) is 0 Å². The topological polar surface area (TPSA) is 127 Å². The summed E-state index contributed by atoms with van der Waals surface area (Å²) in [4.78, 5) is 30.2. The molecule has 7 heteroatoms. The number of carbonyl (C=O) groups is 1. The van der Waals surface area contributed by atoms with Gasteiger partial charge in [0.25, 0.3) is 0 Å². The Kier molecular flexibility index (Phi) is 4.61. The molecule has 1 aromatic heterocycles. The zero-order chi connectivity index (χ0) is 12.7. The average Bonchev–Trinajstić information content (AvgIpc) is 2.30. The molecule has 0 aliphatic carbocycles. The Morgan fingerprint density at radius 2 is 2.29 bits per heavy atom. The minimum absolute atomic E-state index is 0.185. The van der Waals surface area contributed by atoms with Crippen LogP contribution >= 0.6 is 0 Å². The molecule has 1 aliphatic heterocycles. The number of anilines is 1. The van der Waals surface area contributed by atoms with E-state index in [1.807, 2.05) is 0 Å². The normalized spacial score (nSPS) is 17.1. The number of carbonyl (C=O) groups excluding carboxylic acids is 1. The minimum Gasteiger partial charge on any atom is -0.385 e. The van der Waals surface area contributed by atoms with Crippen molar-refractivity contribution in [3.8, 4) is 0 Å². The summed E-state index contributed by atoms with van der Waals surface area (Å²) in [6.07, 6.45) is 6.52. The first-order chi connectivity index (χ1) is 8.09. The van der Waals surface area contributed by atoms with Gasteiger partial charge in [-0.05, 0) is 12.1 Å². The zero-order valence-corrected chi connectivity index (χ0v) is 9.04. The van der Waals surface area contributed by atoms with Gasteiger partial charge in [0.1, 0.15) is 5.82 Å². The molecule has 0 saturated heterocycles. The maximum Gasteiger partial charge on any atom is 0.346 e. The monoisotopic (exact) mass is 235 g/mol. The third kappa shape index (κ3) is 4.74. The van der Waals surface area contributed by atoms with Gasteiger partial charge in [0.05, 0.1) is 12.5 Å². The van der Waals surface area contributed by atoms with E-state index < -0.39 is 5.69 Å². The molecular formula is C10H13N5O2. The highest BCUT2D eigenvalue weighted by Gasteiger charge is 2.10. The van der Waals surface area contributed by atoms with E-state index in [0.29, 0.717) is 12.4 Å². The largest absolute Gasteiger partial charge is 0.385 e. The summed E-state index contributed by atoms with van der Waals surface area (Å²) < 4.78 is 0. The summed E-state index contributed by atoms with van der Waals surface area (Å²) in [5, 5.41) is 0. The van der Waals surface area contributed by atoms with Crippen molar-refractivity contribution in [3.63, 3.8) is 0 Å². The molecule has 2 rings (SSSR count). The van der Waals surface area contributed by atoms with Crippen LogP contribution < -0.4 is 17.2 Å². The first-order valence-electron chi connectivity index (χ1n) is 4.86. The first kappa shape index (κ1) is 12.6. The van der Waals surface area contributed by atoms with Crippen LogP contribution in [0.4, 0.5) is 5.82 Å². The van der Waals surface area contributed by atoms with Gasteiger partial charge in [-0.1, -0.05) is 6.08 Å². The van der Waals surface area contributed by atoms with Crippen molar-refractivity contribution in [2.75, 3.05) is 12.3 Å². The number of rotatable bonds is 1. The number of nitrogens with zero attached hydrogens (tertiary/aromatic N) is 2. The molecule has 0 bridgehead atoms. The Morgan fingerprint density at radius 1 is 1.53 bits per heavy atom. The summed E-state index contributed by atoms with van der Waals surface area (Å²) in [5.41, 5.74) is 9.75. The number of primary amides is 1. The number of nitrogens with one attached hydrogen (secondary N) is 1. The van der Waals surface area contributed by atoms with Crippen molar-refractivity contribution < 1.29 is 4.79 Å². The number of amides is 1. The lowest BCUT2D eigenvalue weighted by Gasteiger charge is -2.05. The Labute approximate surface area is 97.3 Å². The number of H-pyrrole nitrogens is 1. The zero-order valence-electron chi connectivity index (χ0n) is 9.04. The molecule has 2 heterocycles. The van der Waals surface area contributed by atoms with Crippen LogP contribution in [0.3, 0.4) is 0 Å². The first-order valence-corrected chi connectivity index (χ1v) is 4.86. The number of aromatic amines is 1. The molecule has 0 fully saturated rings. The summed E-state index contributed by atoms with van der Waals surface area (Å²) >= 11 is 0. The van der Waals surface area contributed by atoms with E-state index in [1.54, 1.807) is 18.4 Å². The Balaban J connectivity index is 0.000000171. The SMILES string of the molecule is NC(=O)C1C=CC=NC1.Nc1ccnc(=O)[nH]1. The second kappa shape index (κ2) is 6.21. The van der Waals surface area contributed by atoms with E-state index in [9.17, 15) is 9.59 Å². The number of dihydropyridines is 1. The molecule has 1 aliphatic rings. The molecule has 0 aromatic carbocycles. The fourth-order valence-corrected chi connectivity index (χ4v) is 1.05. The molecule has 90 valence electrons. The summed E-state index contributed by atoms with van der Waals surface area (Å²) in [6, 6.07) is 1.52.